The molecule has 6 heteroatoms. The Morgan fingerprint density at radius 1 is 1.31 bits per heavy atom. The predicted molar refractivity (Wildman–Crippen MR) is 57.4 cm³/mol. The van der Waals surface area contributed by atoms with Crippen molar-refractivity contribution in [3.63, 3.8) is 0 Å². The second kappa shape index (κ2) is 4.25. The van der Waals surface area contributed by atoms with Crippen LogP contribution in [0.2, 0.25) is 0 Å². The number of hydrogen-bond acceptors (Lipinski definition) is 2. The molecule has 2 nitrogen and oxygen atoms in total. The van der Waals surface area contributed by atoms with Crippen molar-refractivity contribution >= 4 is 21.6 Å². The molecule has 0 radical (unpaired) electrons. The van der Waals surface area contributed by atoms with Crippen LogP contribution < -0.4 is 5.32 Å². The summed E-state index contributed by atoms with van der Waals surface area (Å²) < 4.78 is 42.7. The van der Waals surface area contributed by atoms with Crippen LogP contribution in [0.4, 0.5) is 18.9 Å². The summed E-state index contributed by atoms with van der Waals surface area (Å²) >= 11 is 2.89. The summed E-state index contributed by atoms with van der Waals surface area (Å²) in [7, 11) is 0. The van der Waals surface area contributed by atoms with Gasteiger partial charge in [-0.25, -0.2) is 0 Å². The van der Waals surface area contributed by atoms with Gasteiger partial charge >= 0.3 is 6.18 Å². The molecule has 1 heterocycles. The Morgan fingerprint density at radius 2 is 2.00 bits per heavy atom. The number of anilines is 1. The summed E-state index contributed by atoms with van der Waals surface area (Å²) in [6.45, 7) is 1.08. The Morgan fingerprint density at radius 3 is 2.50 bits per heavy atom. The molecule has 0 aromatic heterocycles. The fourth-order valence-electron chi connectivity index (χ4n) is 1.39. The van der Waals surface area contributed by atoms with Crippen LogP contribution in [0.25, 0.3) is 0 Å². The van der Waals surface area contributed by atoms with Crippen LogP contribution in [0.5, 0.6) is 0 Å². The van der Waals surface area contributed by atoms with Crippen molar-refractivity contribution in [2.24, 2.45) is 0 Å². The van der Waals surface area contributed by atoms with Crippen LogP contribution in [0.3, 0.4) is 0 Å². The number of benzene rings is 1. The van der Waals surface area contributed by atoms with E-state index >= 15 is 0 Å². The Hall–Kier alpha value is -0.750. The number of ether oxygens (including phenoxy) is 1. The van der Waals surface area contributed by atoms with Crippen molar-refractivity contribution in [3.8, 4) is 0 Å². The van der Waals surface area contributed by atoms with Gasteiger partial charge in [0.25, 0.3) is 0 Å². The highest BCUT2D eigenvalue weighted by molar-refractivity contribution is 9.10. The van der Waals surface area contributed by atoms with Gasteiger partial charge in [-0.2, -0.15) is 13.2 Å². The van der Waals surface area contributed by atoms with Crippen LogP contribution in [-0.2, 0) is 10.9 Å². The third-order valence-electron chi connectivity index (χ3n) is 2.28. The molecule has 1 aromatic carbocycles. The first kappa shape index (κ1) is 11.7. The zero-order chi connectivity index (χ0) is 11.8. The number of rotatable bonds is 2. The van der Waals surface area contributed by atoms with E-state index in [0.29, 0.717) is 18.9 Å². The number of alkyl halides is 3. The second-order valence-corrected chi connectivity index (χ2v) is 4.43. The first-order valence-electron chi connectivity index (χ1n) is 4.68. The first-order valence-corrected chi connectivity index (χ1v) is 5.47. The summed E-state index contributed by atoms with van der Waals surface area (Å²) in [5.74, 6) is 0. The molecule has 0 atom stereocenters. The molecule has 1 fully saturated rings. The van der Waals surface area contributed by atoms with Crippen LogP contribution in [0, 0.1) is 0 Å². The van der Waals surface area contributed by atoms with Gasteiger partial charge in [-0.3, -0.25) is 0 Å². The molecule has 1 aliphatic rings. The normalized spacial score (nSPS) is 17.0. The molecule has 0 amide bonds. The molecule has 0 bridgehead atoms. The molecule has 0 spiro atoms. The smallest absolute Gasteiger partial charge is 0.378 e. The Kier molecular flexibility index (Phi) is 3.12. The SMILES string of the molecule is FC(F)(F)c1cc(NC2COC2)ccc1Br. The van der Waals surface area contributed by atoms with Crippen LogP contribution >= 0.6 is 15.9 Å². The van der Waals surface area contributed by atoms with Crippen molar-refractivity contribution < 1.29 is 17.9 Å². The summed E-state index contributed by atoms with van der Waals surface area (Å²) in [6, 6.07) is 4.22. The van der Waals surface area contributed by atoms with Crippen molar-refractivity contribution in [1.82, 2.24) is 0 Å². The van der Waals surface area contributed by atoms with Gasteiger partial charge in [0, 0.05) is 10.2 Å². The van der Waals surface area contributed by atoms with E-state index in [1.54, 1.807) is 6.07 Å². The Balaban J connectivity index is 2.20. The minimum Gasteiger partial charge on any atom is -0.378 e. The summed E-state index contributed by atoms with van der Waals surface area (Å²) in [5.41, 5.74) is -0.207. The summed E-state index contributed by atoms with van der Waals surface area (Å²) in [5, 5.41) is 2.97. The fourth-order valence-corrected chi connectivity index (χ4v) is 1.86. The molecule has 1 N–H and O–H groups in total. The number of nitrogens with one attached hydrogen (secondary N) is 1. The van der Waals surface area contributed by atoms with Gasteiger partial charge in [0.05, 0.1) is 24.8 Å². The minimum atomic E-state index is -4.34. The van der Waals surface area contributed by atoms with E-state index in [1.807, 2.05) is 0 Å². The Labute approximate surface area is 98.9 Å². The highest BCUT2D eigenvalue weighted by Crippen LogP contribution is 2.36. The molecular formula is C10H9BrF3NO. The molecule has 0 unspecified atom stereocenters. The lowest BCUT2D eigenvalue weighted by atomic mass is 10.1. The number of hydrogen-bond donors (Lipinski definition) is 1. The van der Waals surface area contributed by atoms with Gasteiger partial charge in [0.1, 0.15) is 0 Å². The third kappa shape index (κ3) is 2.49. The fraction of sp³-hybridized carbons (Fsp3) is 0.400. The van der Waals surface area contributed by atoms with Crippen molar-refractivity contribution in [1.29, 1.82) is 0 Å². The van der Waals surface area contributed by atoms with E-state index < -0.39 is 11.7 Å². The summed E-state index contributed by atoms with van der Waals surface area (Å²) in [4.78, 5) is 0. The Bertz CT molecular complexity index is 390. The molecule has 0 saturated carbocycles. The lowest BCUT2D eigenvalue weighted by molar-refractivity contribution is -0.138. The second-order valence-electron chi connectivity index (χ2n) is 3.57. The van der Waals surface area contributed by atoms with Gasteiger partial charge in [-0.05, 0) is 18.2 Å². The zero-order valence-corrected chi connectivity index (χ0v) is 9.73. The average Bonchev–Trinajstić information content (AvgIpc) is 2.12. The van der Waals surface area contributed by atoms with Crippen molar-refractivity contribution in [2.75, 3.05) is 18.5 Å². The van der Waals surface area contributed by atoms with E-state index in [0.717, 1.165) is 6.07 Å². The van der Waals surface area contributed by atoms with Crippen molar-refractivity contribution in [3.05, 3.63) is 28.2 Å². The van der Waals surface area contributed by atoms with Gasteiger partial charge in [0.15, 0.2) is 0 Å². The van der Waals surface area contributed by atoms with Crippen LogP contribution in [0.15, 0.2) is 22.7 Å². The highest BCUT2D eigenvalue weighted by atomic mass is 79.9. The van der Waals surface area contributed by atoms with Gasteiger partial charge in [-0.1, -0.05) is 15.9 Å². The predicted octanol–water partition coefficient (Wildman–Crippen LogP) is 3.28. The van der Waals surface area contributed by atoms with Gasteiger partial charge in [-0.15, -0.1) is 0 Å². The van der Waals surface area contributed by atoms with Crippen LogP contribution in [0.1, 0.15) is 5.56 Å². The molecule has 1 aromatic rings. The van der Waals surface area contributed by atoms with E-state index in [2.05, 4.69) is 21.2 Å². The van der Waals surface area contributed by atoms with Crippen molar-refractivity contribution in [2.45, 2.75) is 12.2 Å². The van der Waals surface area contributed by atoms with E-state index in [9.17, 15) is 13.2 Å². The molecule has 88 valence electrons. The number of halogens is 4. The third-order valence-corrected chi connectivity index (χ3v) is 2.97. The standard InChI is InChI=1S/C10H9BrF3NO/c11-9-2-1-6(15-7-4-16-5-7)3-8(9)10(12,13)14/h1-3,7,15H,4-5H2. The zero-order valence-electron chi connectivity index (χ0n) is 8.14. The van der Waals surface area contributed by atoms with E-state index in [-0.39, 0.29) is 10.5 Å². The maximum absolute atomic E-state index is 12.6. The molecule has 2 rings (SSSR count). The van der Waals surface area contributed by atoms with Gasteiger partial charge < -0.3 is 10.1 Å². The maximum Gasteiger partial charge on any atom is 0.417 e. The lowest BCUT2D eigenvalue weighted by Crippen LogP contribution is -2.40. The van der Waals surface area contributed by atoms with Gasteiger partial charge in [0.2, 0.25) is 0 Å². The van der Waals surface area contributed by atoms with E-state index in [4.69, 9.17) is 4.74 Å². The average molecular weight is 296 g/mol. The molecule has 1 aliphatic heterocycles. The largest absolute Gasteiger partial charge is 0.417 e. The lowest BCUT2D eigenvalue weighted by Gasteiger charge is -2.28. The molecule has 16 heavy (non-hydrogen) atoms. The van der Waals surface area contributed by atoms with E-state index in [1.165, 1.54) is 6.07 Å². The maximum atomic E-state index is 12.6. The van der Waals surface area contributed by atoms with Crippen LogP contribution in [-0.4, -0.2) is 19.3 Å². The molecule has 0 aliphatic carbocycles. The first-order chi connectivity index (χ1) is 7.47. The molecular weight excluding hydrogens is 287 g/mol. The monoisotopic (exact) mass is 295 g/mol. The quantitative estimate of drug-likeness (QED) is 0.904. The molecule has 1 saturated heterocycles. The summed E-state index contributed by atoms with van der Waals surface area (Å²) in [6.07, 6.45) is -4.34. The highest BCUT2D eigenvalue weighted by Gasteiger charge is 2.33. The minimum absolute atomic E-state index is 0.0513. The topological polar surface area (TPSA) is 21.3 Å².